The summed E-state index contributed by atoms with van der Waals surface area (Å²) in [4.78, 5) is 23.7. The van der Waals surface area contributed by atoms with E-state index in [2.05, 4.69) is 5.32 Å². The minimum Gasteiger partial charge on any atom is -0.465 e. The highest BCUT2D eigenvalue weighted by Crippen LogP contribution is 2.19. The summed E-state index contributed by atoms with van der Waals surface area (Å²) in [5, 5.41) is 2.69. The average molecular weight is 278 g/mol. The number of hydrogen-bond donors (Lipinski definition) is 2. The average Bonchev–Trinajstić information content (AvgIpc) is 2.38. The number of anilines is 1. The highest BCUT2D eigenvalue weighted by atomic mass is 16.5. The van der Waals surface area contributed by atoms with Crippen LogP contribution >= 0.6 is 0 Å². The largest absolute Gasteiger partial charge is 0.465 e. The van der Waals surface area contributed by atoms with Gasteiger partial charge in [0.15, 0.2) is 0 Å². The second-order valence-electron chi connectivity index (χ2n) is 5.27. The fourth-order valence-corrected chi connectivity index (χ4v) is 1.89. The molecule has 110 valence electrons. The number of nitrogens with one attached hydrogen (secondary N) is 1. The van der Waals surface area contributed by atoms with Crippen LogP contribution in [-0.2, 0) is 9.53 Å². The van der Waals surface area contributed by atoms with Gasteiger partial charge in [-0.05, 0) is 31.4 Å². The van der Waals surface area contributed by atoms with Crippen LogP contribution in [0.2, 0.25) is 0 Å². The Balaban J connectivity index is 2.92. The Bertz CT molecular complexity index is 498. The number of amides is 1. The lowest BCUT2D eigenvalue weighted by Gasteiger charge is -2.16. The third-order valence-electron chi connectivity index (χ3n) is 2.90. The third-order valence-corrected chi connectivity index (χ3v) is 2.90. The summed E-state index contributed by atoms with van der Waals surface area (Å²) in [5.41, 5.74) is 7.49. The maximum Gasteiger partial charge on any atom is 0.339 e. The van der Waals surface area contributed by atoms with Crippen LogP contribution in [0.4, 0.5) is 5.69 Å². The summed E-state index contributed by atoms with van der Waals surface area (Å²) in [6.45, 7) is 5.86. The molecule has 5 nitrogen and oxygen atoms in total. The molecule has 0 radical (unpaired) electrons. The predicted molar refractivity (Wildman–Crippen MR) is 78.6 cm³/mol. The highest BCUT2D eigenvalue weighted by Gasteiger charge is 2.18. The summed E-state index contributed by atoms with van der Waals surface area (Å²) in [7, 11) is 1.31. The van der Waals surface area contributed by atoms with Crippen LogP contribution in [-0.4, -0.2) is 25.0 Å². The van der Waals surface area contributed by atoms with Crippen molar-refractivity contribution in [2.24, 2.45) is 11.7 Å². The second kappa shape index (κ2) is 7.05. The number of esters is 1. The van der Waals surface area contributed by atoms with Crippen molar-refractivity contribution >= 4 is 17.6 Å². The van der Waals surface area contributed by atoms with Crippen LogP contribution < -0.4 is 11.1 Å². The summed E-state index contributed by atoms with van der Waals surface area (Å²) in [5.74, 6) is -0.456. The van der Waals surface area contributed by atoms with Crippen molar-refractivity contribution in [3.63, 3.8) is 0 Å². The standard InChI is InChI=1S/C15H22N2O3/c1-9(2)7-12(16)14(18)17-13-6-5-10(3)8-11(13)15(19)20-4/h5-6,8-9,12H,7,16H2,1-4H3,(H,17,18)/t12-/m0/s1. The van der Waals surface area contributed by atoms with Gasteiger partial charge in [0.1, 0.15) is 0 Å². The number of carbonyl (C=O) groups excluding carboxylic acids is 2. The van der Waals surface area contributed by atoms with E-state index in [0.717, 1.165) is 5.56 Å². The third kappa shape index (κ3) is 4.35. The molecule has 0 aromatic heterocycles. The highest BCUT2D eigenvalue weighted by molar-refractivity contribution is 6.02. The Morgan fingerprint density at radius 2 is 2.00 bits per heavy atom. The molecule has 0 aliphatic carbocycles. The lowest BCUT2D eigenvalue weighted by atomic mass is 10.0. The van der Waals surface area contributed by atoms with Gasteiger partial charge in [0.25, 0.3) is 0 Å². The van der Waals surface area contributed by atoms with Gasteiger partial charge in [0.2, 0.25) is 5.91 Å². The number of ether oxygens (including phenoxy) is 1. The first-order valence-corrected chi connectivity index (χ1v) is 6.60. The van der Waals surface area contributed by atoms with E-state index in [-0.39, 0.29) is 5.91 Å². The molecule has 3 N–H and O–H groups in total. The van der Waals surface area contributed by atoms with Gasteiger partial charge in [-0.25, -0.2) is 4.79 Å². The summed E-state index contributed by atoms with van der Waals surface area (Å²) in [6, 6.07) is 4.58. The molecule has 0 unspecified atom stereocenters. The minimum absolute atomic E-state index is 0.298. The molecule has 0 heterocycles. The molecule has 0 spiro atoms. The minimum atomic E-state index is -0.596. The van der Waals surface area contributed by atoms with Crippen LogP contribution in [0, 0.1) is 12.8 Å². The van der Waals surface area contributed by atoms with E-state index in [1.807, 2.05) is 26.8 Å². The SMILES string of the molecule is COC(=O)c1cc(C)ccc1NC(=O)[C@@H](N)CC(C)C. The normalized spacial score (nSPS) is 12.1. The number of hydrogen-bond acceptors (Lipinski definition) is 4. The van der Waals surface area contributed by atoms with E-state index in [0.29, 0.717) is 23.6 Å². The molecule has 0 saturated heterocycles. The molecular weight excluding hydrogens is 256 g/mol. The van der Waals surface area contributed by atoms with Crippen LogP contribution in [0.3, 0.4) is 0 Å². The van der Waals surface area contributed by atoms with Crippen LogP contribution in [0.25, 0.3) is 0 Å². The summed E-state index contributed by atoms with van der Waals surface area (Å²) >= 11 is 0. The number of carbonyl (C=O) groups is 2. The molecule has 0 saturated carbocycles. The predicted octanol–water partition coefficient (Wildman–Crippen LogP) is 2.09. The molecule has 1 amide bonds. The molecule has 1 aromatic carbocycles. The molecule has 1 aromatic rings. The molecule has 0 fully saturated rings. The maximum absolute atomic E-state index is 12.0. The quantitative estimate of drug-likeness (QED) is 0.808. The monoisotopic (exact) mass is 278 g/mol. The van der Waals surface area contributed by atoms with Crippen molar-refractivity contribution in [2.45, 2.75) is 33.2 Å². The van der Waals surface area contributed by atoms with Gasteiger partial charge in [0, 0.05) is 0 Å². The van der Waals surface area contributed by atoms with E-state index >= 15 is 0 Å². The number of benzene rings is 1. The molecular formula is C15H22N2O3. The van der Waals surface area contributed by atoms with Crippen molar-refractivity contribution < 1.29 is 14.3 Å². The molecule has 1 rings (SSSR count). The number of methoxy groups -OCH3 is 1. The van der Waals surface area contributed by atoms with Crippen LogP contribution in [0.5, 0.6) is 0 Å². The second-order valence-corrected chi connectivity index (χ2v) is 5.27. The summed E-state index contributed by atoms with van der Waals surface area (Å²) < 4.78 is 4.72. The molecule has 0 bridgehead atoms. The van der Waals surface area contributed by atoms with E-state index in [9.17, 15) is 9.59 Å². The number of rotatable bonds is 5. The zero-order valence-corrected chi connectivity index (χ0v) is 12.4. The van der Waals surface area contributed by atoms with Crippen molar-refractivity contribution in [3.8, 4) is 0 Å². The van der Waals surface area contributed by atoms with Crippen molar-refractivity contribution in [2.75, 3.05) is 12.4 Å². The van der Waals surface area contributed by atoms with Crippen molar-refractivity contribution in [3.05, 3.63) is 29.3 Å². The molecule has 0 aliphatic heterocycles. The van der Waals surface area contributed by atoms with Gasteiger partial charge >= 0.3 is 5.97 Å². The first-order chi connectivity index (χ1) is 9.35. The lowest BCUT2D eigenvalue weighted by Crippen LogP contribution is -2.37. The summed E-state index contributed by atoms with van der Waals surface area (Å²) in [6.07, 6.45) is 0.589. The lowest BCUT2D eigenvalue weighted by molar-refractivity contribution is -0.117. The van der Waals surface area contributed by atoms with Gasteiger partial charge in [-0.2, -0.15) is 0 Å². The van der Waals surface area contributed by atoms with Crippen molar-refractivity contribution in [1.29, 1.82) is 0 Å². The first kappa shape index (κ1) is 16.2. The van der Waals surface area contributed by atoms with Gasteiger partial charge < -0.3 is 15.8 Å². The fraction of sp³-hybridized carbons (Fsp3) is 0.467. The zero-order valence-electron chi connectivity index (χ0n) is 12.4. The number of nitrogens with two attached hydrogens (primary N) is 1. The Hall–Kier alpha value is -1.88. The van der Waals surface area contributed by atoms with Crippen LogP contribution in [0.1, 0.15) is 36.2 Å². The van der Waals surface area contributed by atoms with Gasteiger partial charge in [-0.3, -0.25) is 4.79 Å². The Kier molecular flexibility index (Phi) is 5.70. The van der Waals surface area contributed by atoms with E-state index in [4.69, 9.17) is 10.5 Å². The van der Waals surface area contributed by atoms with Gasteiger partial charge in [-0.15, -0.1) is 0 Å². The maximum atomic E-state index is 12.0. The topological polar surface area (TPSA) is 81.4 Å². The van der Waals surface area contributed by atoms with Gasteiger partial charge in [-0.1, -0.05) is 25.5 Å². The van der Waals surface area contributed by atoms with Crippen LogP contribution in [0.15, 0.2) is 18.2 Å². The number of aryl methyl sites for hydroxylation is 1. The molecule has 5 heteroatoms. The van der Waals surface area contributed by atoms with Gasteiger partial charge in [0.05, 0.1) is 24.4 Å². The Morgan fingerprint density at radius 1 is 1.35 bits per heavy atom. The Morgan fingerprint density at radius 3 is 2.55 bits per heavy atom. The molecule has 20 heavy (non-hydrogen) atoms. The fourth-order valence-electron chi connectivity index (χ4n) is 1.89. The van der Waals surface area contributed by atoms with Crippen molar-refractivity contribution in [1.82, 2.24) is 0 Å². The van der Waals surface area contributed by atoms with E-state index < -0.39 is 12.0 Å². The molecule has 1 atom stereocenters. The molecule has 0 aliphatic rings. The smallest absolute Gasteiger partial charge is 0.339 e. The zero-order chi connectivity index (χ0) is 15.3. The van der Waals surface area contributed by atoms with E-state index in [1.54, 1.807) is 12.1 Å². The first-order valence-electron chi connectivity index (χ1n) is 6.60. The van der Waals surface area contributed by atoms with E-state index in [1.165, 1.54) is 7.11 Å². The Labute approximate surface area is 119 Å².